The molecule has 0 fully saturated rings. The summed E-state index contributed by atoms with van der Waals surface area (Å²) in [7, 11) is 0. The van der Waals surface area contributed by atoms with E-state index < -0.39 is 45.6 Å². The van der Waals surface area contributed by atoms with Gasteiger partial charge in [0.2, 0.25) is 11.4 Å². The van der Waals surface area contributed by atoms with E-state index in [2.05, 4.69) is 0 Å². The highest BCUT2D eigenvalue weighted by atomic mass is 16.5. The molecule has 1 spiro atoms. The number of hydrogen-bond donors (Lipinski definition) is 6. The van der Waals surface area contributed by atoms with Crippen LogP contribution in [0.4, 0.5) is 0 Å². The van der Waals surface area contributed by atoms with E-state index >= 15 is 0 Å². The second kappa shape index (κ2) is 9.03. The van der Waals surface area contributed by atoms with Crippen molar-refractivity contribution in [2.75, 3.05) is 0 Å². The monoisotopic (exact) mass is 594 g/mol. The molecule has 5 aromatic rings. The number of benzene rings is 3. The first-order valence-corrected chi connectivity index (χ1v) is 12.9. The normalized spacial score (nSPS) is 17.4. The number of hydrogen-bond acceptors (Lipinski definition) is 12. The van der Waals surface area contributed by atoms with Gasteiger partial charge in [0.25, 0.3) is 0 Å². The van der Waals surface area contributed by atoms with Crippen LogP contribution in [0, 0.1) is 0 Å². The summed E-state index contributed by atoms with van der Waals surface area (Å²) < 4.78 is 17.2. The molecular formula is C32H18O12. The van der Waals surface area contributed by atoms with E-state index in [1.165, 1.54) is 54.6 Å². The van der Waals surface area contributed by atoms with Crippen LogP contribution in [0.5, 0.6) is 34.5 Å². The van der Waals surface area contributed by atoms with Crippen molar-refractivity contribution in [3.63, 3.8) is 0 Å². The number of allylic oxidation sites excluding steroid dienone is 1. The van der Waals surface area contributed by atoms with E-state index in [4.69, 9.17) is 13.6 Å². The minimum absolute atomic E-state index is 0.0141. The first kappa shape index (κ1) is 26.5. The third kappa shape index (κ3) is 3.74. The highest BCUT2D eigenvalue weighted by Crippen LogP contribution is 2.54. The summed E-state index contributed by atoms with van der Waals surface area (Å²) in [5, 5.41) is 59.3. The van der Waals surface area contributed by atoms with E-state index in [0.717, 1.165) is 18.2 Å². The molecule has 2 aromatic heterocycles. The van der Waals surface area contributed by atoms with E-state index in [1.807, 2.05) is 0 Å². The van der Waals surface area contributed by atoms with Crippen molar-refractivity contribution < 1.29 is 49.0 Å². The Kier molecular flexibility index (Phi) is 5.43. The molecule has 3 aromatic carbocycles. The molecule has 2 aliphatic rings. The van der Waals surface area contributed by atoms with Gasteiger partial charge in [0.15, 0.2) is 34.5 Å². The Bertz CT molecular complexity index is 2340. The average Bonchev–Trinajstić information content (AvgIpc) is 3.47. The Labute approximate surface area is 244 Å². The fraction of sp³-hybridized carbons (Fsp3) is 0.0312. The van der Waals surface area contributed by atoms with Crippen LogP contribution in [-0.4, -0.2) is 36.4 Å². The maximum absolute atomic E-state index is 13.8. The molecule has 0 saturated heterocycles. The molecule has 12 heteroatoms. The molecule has 1 aliphatic carbocycles. The Balaban J connectivity index is 1.39. The van der Waals surface area contributed by atoms with Crippen molar-refractivity contribution in [1.29, 1.82) is 0 Å². The largest absolute Gasteiger partial charge is 0.504 e. The molecule has 0 radical (unpaired) electrons. The standard InChI is InChI=1S/C32H18O12/c33-20-4-2-13(5-21(20)34)1-3-15-8-28(39)32(44-15)18-11-25(38)22(35)7-14(18)6-19(32)26-12-27-29(31(41)42-26)16-9-23(36)24(37)10-17(16)30(40)43-27/h1-12,33-38H/b3-1+/t32-/m1/s1. The Morgan fingerprint density at radius 1 is 0.636 bits per heavy atom. The van der Waals surface area contributed by atoms with E-state index in [-0.39, 0.29) is 61.5 Å². The Hall–Kier alpha value is -6.43. The fourth-order valence-electron chi connectivity index (χ4n) is 5.47. The van der Waals surface area contributed by atoms with Crippen molar-refractivity contribution in [2.24, 2.45) is 0 Å². The molecule has 7 rings (SSSR count). The van der Waals surface area contributed by atoms with E-state index in [0.29, 0.717) is 5.56 Å². The molecule has 6 N–H and O–H groups in total. The third-order valence-corrected chi connectivity index (χ3v) is 7.52. The minimum atomic E-state index is -2.00. The maximum atomic E-state index is 13.8. The minimum Gasteiger partial charge on any atom is -0.504 e. The predicted octanol–water partition coefficient (Wildman–Crippen LogP) is 4.08. The summed E-state index contributed by atoms with van der Waals surface area (Å²) in [5.41, 5.74) is -3.34. The average molecular weight is 594 g/mol. The molecule has 218 valence electrons. The van der Waals surface area contributed by atoms with Gasteiger partial charge >= 0.3 is 11.3 Å². The molecule has 44 heavy (non-hydrogen) atoms. The lowest BCUT2D eigenvalue weighted by atomic mass is 9.85. The van der Waals surface area contributed by atoms with Crippen LogP contribution in [0.25, 0.3) is 39.5 Å². The lowest BCUT2D eigenvalue weighted by molar-refractivity contribution is -0.125. The number of aromatic hydroxyl groups is 6. The SMILES string of the molecule is O=C1C=C(/C=C/c2ccc(O)c(O)c2)O[C@]12C(c1cc3oc(=O)c4cc(O)c(O)cc4c3c(=O)o1)=Cc1cc(O)c(O)cc12. The van der Waals surface area contributed by atoms with Crippen molar-refractivity contribution in [1.82, 2.24) is 0 Å². The van der Waals surface area contributed by atoms with Crippen LogP contribution in [0.2, 0.25) is 0 Å². The van der Waals surface area contributed by atoms with Gasteiger partial charge in [0, 0.05) is 23.1 Å². The van der Waals surface area contributed by atoms with Gasteiger partial charge in [-0.05, 0) is 59.7 Å². The van der Waals surface area contributed by atoms with Crippen LogP contribution < -0.4 is 11.3 Å². The number of rotatable bonds is 3. The van der Waals surface area contributed by atoms with Gasteiger partial charge in [-0.25, -0.2) is 9.59 Å². The van der Waals surface area contributed by atoms with Gasteiger partial charge in [-0.1, -0.05) is 12.1 Å². The van der Waals surface area contributed by atoms with Crippen LogP contribution in [0.3, 0.4) is 0 Å². The van der Waals surface area contributed by atoms with Crippen molar-refractivity contribution in [3.8, 4) is 34.5 Å². The molecule has 0 amide bonds. The number of ether oxygens (including phenoxy) is 1. The first-order valence-electron chi connectivity index (χ1n) is 12.9. The lowest BCUT2D eigenvalue weighted by Gasteiger charge is -2.27. The fourth-order valence-corrected chi connectivity index (χ4v) is 5.47. The van der Waals surface area contributed by atoms with Gasteiger partial charge in [0.05, 0.1) is 11.0 Å². The summed E-state index contributed by atoms with van der Waals surface area (Å²) >= 11 is 0. The maximum Gasteiger partial charge on any atom is 0.348 e. The van der Waals surface area contributed by atoms with E-state index in [9.17, 15) is 45.0 Å². The topological polar surface area (TPSA) is 208 Å². The van der Waals surface area contributed by atoms with Gasteiger partial charge < -0.3 is 44.2 Å². The molecular weight excluding hydrogens is 576 g/mol. The summed E-state index contributed by atoms with van der Waals surface area (Å²) in [6.45, 7) is 0. The first-order chi connectivity index (χ1) is 21.0. The zero-order valence-corrected chi connectivity index (χ0v) is 22.1. The van der Waals surface area contributed by atoms with Crippen LogP contribution in [0.15, 0.2) is 84.9 Å². The van der Waals surface area contributed by atoms with Crippen LogP contribution in [0.1, 0.15) is 22.5 Å². The number of fused-ring (bicyclic) bond motifs is 5. The van der Waals surface area contributed by atoms with Crippen molar-refractivity contribution in [2.45, 2.75) is 5.60 Å². The smallest absolute Gasteiger partial charge is 0.348 e. The summed E-state index contributed by atoms with van der Waals surface area (Å²) in [6.07, 6.45) is 5.52. The van der Waals surface area contributed by atoms with E-state index in [1.54, 1.807) is 0 Å². The van der Waals surface area contributed by atoms with Gasteiger partial charge in [0.1, 0.15) is 22.5 Å². The second-order valence-electron chi connectivity index (χ2n) is 10.2. The van der Waals surface area contributed by atoms with Crippen LogP contribution >= 0.6 is 0 Å². The summed E-state index contributed by atoms with van der Waals surface area (Å²) in [4.78, 5) is 39.9. The Morgan fingerprint density at radius 2 is 1.32 bits per heavy atom. The number of carbonyl (C=O) groups is 1. The Morgan fingerprint density at radius 3 is 2.07 bits per heavy atom. The number of phenols is 6. The zero-order valence-electron chi connectivity index (χ0n) is 22.1. The van der Waals surface area contributed by atoms with Gasteiger partial charge in [-0.2, -0.15) is 0 Å². The quantitative estimate of drug-likeness (QED) is 0.129. The number of phenolic OH excluding ortho intramolecular Hbond substituents is 6. The third-order valence-electron chi connectivity index (χ3n) is 7.52. The molecule has 0 saturated carbocycles. The van der Waals surface area contributed by atoms with Crippen molar-refractivity contribution >= 4 is 45.3 Å². The highest BCUT2D eigenvalue weighted by Gasteiger charge is 2.55. The lowest BCUT2D eigenvalue weighted by Crippen LogP contribution is -2.33. The predicted molar refractivity (Wildman–Crippen MR) is 154 cm³/mol. The zero-order chi connectivity index (χ0) is 31.1. The molecule has 3 heterocycles. The molecule has 1 atom stereocenters. The second-order valence-corrected chi connectivity index (χ2v) is 10.2. The summed E-state index contributed by atoms with van der Waals surface area (Å²) in [6, 6.07) is 9.61. The van der Waals surface area contributed by atoms with Crippen molar-refractivity contribution in [3.05, 3.63) is 110 Å². The summed E-state index contributed by atoms with van der Waals surface area (Å²) in [5.74, 6) is -3.70. The van der Waals surface area contributed by atoms with Gasteiger partial charge in [-0.3, -0.25) is 4.79 Å². The molecule has 1 aliphatic heterocycles. The molecule has 0 bridgehead atoms. The molecule has 0 unspecified atom stereocenters. The van der Waals surface area contributed by atoms with Crippen LogP contribution in [-0.2, 0) is 15.1 Å². The number of ketones is 1. The molecule has 12 nitrogen and oxygen atoms in total. The van der Waals surface area contributed by atoms with Gasteiger partial charge in [-0.15, -0.1) is 0 Å². The highest BCUT2D eigenvalue weighted by molar-refractivity contribution is 6.16. The number of carbonyl (C=O) groups excluding carboxylic acids is 1.